The van der Waals surface area contributed by atoms with Gasteiger partial charge in [-0.05, 0) is 19.1 Å². The Morgan fingerprint density at radius 1 is 1.35 bits per heavy atom. The second-order valence-corrected chi connectivity index (χ2v) is 6.17. The fourth-order valence-corrected chi connectivity index (χ4v) is 3.14. The Morgan fingerprint density at radius 2 is 2.04 bits per heavy atom. The number of benzene rings is 1. The molecule has 0 radical (unpaired) electrons. The molecule has 1 aliphatic rings. The summed E-state index contributed by atoms with van der Waals surface area (Å²) in [4.78, 5) is 29.6. The highest BCUT2D eigenvalue weighted by Gasteiger charge is 2.35. The van der Waals surface area contributed by atoms with E-state index in [9.17, 15) is 18.4 Å². The van der Waals surface area contributed by atoms with Crippen LogP contribution in [0, 0.1) is 24.5 Å². The van der Waals surface area contributed by atoms with Crippen molar-refractivity contribution in [1.82, 2.24) is 4.98 Å². The number of aromatic nitrogens is 1. The van der Waals surface area contributed by atoms with Gasteiger partial charge in [0.05, 0.1) is 11.6 Å². The first-order valence-corrected chi connectivity index (χ1v) is 7.80. The number of halogens is 2. The van der Waals surface area contributed by atoms with Gasteiger partial charge < -0.3 is 10.2 Å². The zero-order valence-corrected chi connectivity index (χ0v) is 13.0. The van der Waals surface area contributed by atoms with Crippen LogP contribution in [0.1, 0.15) is 12.1 Å². The molecular weight excluding hydrogens is 324 g/mol. The number of carbonyl (C=O) groups excluding carboxylic acids is 2. The predicted molar refractivity (Wildman–Crippen MR) is 82.3 cm³/mol. The van der Waals surface area contributed by atoms with Crippen molar-refractivity contribution in [3.05, 3.63) is 40.9 Å². The predicted octanol–water partition coefficient (Wildman–Crippen LogP) is 2.72. The summed E-state index contributed by atoms with van der Waals surface area (Å²) in [6.45, 7) is 1.89. The summed E-state index contributed by atoms with van der Waals surface area (Å²) in [7, 11) is 0. The summed E-state index contributed by atoms with van der Waals surface area (Å²) < 4.78 is 26.6. The highest BCUT2D eigenvalue weighted by atomic mass is 32.1. The first-order valence-electron chi connectivity index (χ1n) is 6.92. The maximum Gasteiger partial charge on any atom is 0.231 e. The molecule has 2 amide bonds. The minimum atomic E-state index is -0.765. The van der Waals surface area contributed by atoms with Gasteiger partial charge in [-0.3, -0.25) is 9.59 Å². The lowest BCUT2D eigenvalue weighted by Gasteiger charge is -2.16. The third kappa shape index (κ3) is 3.37. The van der Waals surface area contributed by atoms with Gasteiger partial charge in [-0.15, -0.1) is 11.3 Å². The Balaban J connectivity index is 1.72. The zero-order valence-electron chi connectivity index (χ0n) is 12.2. The van der Waals surface area contributed by atoms with Gasteiger partial charge in [-0.25, -0.2) is 13.8 Å². The van der Waals surface area contributed by atoms with Crippen molar-refractivity contribution in [2.24, 2.45) is 5.92 Å². The lowest BCUT2D eigenvalue weighted by Crippen LogP contribution is -2.28. The molecule has 0 bridgehead atoms. The average Bonchev–Trinajstić information content (AvgIpc) is 3.04. The molecule has 3 rings (SSSR count). The van der Waals surface area contributed by atoms with Crippen molar-refractivity contribution in [1.29, 1.82) is 0 Å². The van der Waals surface area contributed by atoms with E-state index >= 15 is 0 Å². The number of thiazole rings is 1. The van der Waals surface area contributed by atoms with Crippen molar-refractivity contribution >= 4 is 34.0 Å². The van der Waals surface area contributed by atoms with E-state index in [1.54, 1.807) is 5.38 Å². The minimum Gasteiger partial charge on any atom is -0.311 e. The Bertz CT molecular complexity index is 758. The minimum absolute atomic E-state index is 0.00563. The van der Waals surface area contributed by atoms with E-state index in [1.807, 2.05) is 6.92 Å². The van der Waals surface area contributed by atoms with Gasteiger partial charge in [0.15, 0.2) is 5.13 Å². The molecule has 23 heavy (non-hydrogen) atoms. The summed E-state index contributed by atoms with van der Waals surface area (Å²) in [6.07, 6.45) is -0.00563. The van der Waals surface area contributed by atoms with Crippen LogP contribution >= 0.6 is 11.3 Å². The van der Waals surface area contributed by atoms with Crippen LogP contribution in [0.15, 0.2) is 23.6 Å². The highest BCUT2D eigenvalue weighted by Crippen LogP contribution is 2.27. The Kier molecular flexibility index (Phi) is 4.08. The fourth-order valence-electron chi connectivity index (χ4n) is 2.45. The molecule has 120 valence electrons. The number of nitrogens with zero attached hydrogens (tertiary/aromatic N) is 2. The summed E-state index contributed by atoms with van der Waals surface area (Å²) in [6, 6.07) is 2.88. The first kappa shape index (κ1) is 15.5. The van der Waals surface area contributed by atoms with Crippen molar-refractivity contribution in [2.45, 2.75) is 13.3 Å². The summed E-state index contributed by atoms with van der Waals surface area (Å²) >= 11 is 1.30. The van der Waals surface area contributed by atoms with Crippen LogP contribution in [0.4, 0.5) is 19.6 Å². The zero-order chi connectivity index (χ0) is 16.6. The maximum absolute atomic E-state index is 13.3. The molecule has 1 saturated heterocycles. The number of hydrogen-bond donors (Lipinski definition) is 1. The smallest absolute Gasteiger partial charge is 0.231 e. The fraction of sp³-hybridized carbons (Fsp3) is 0.267. The molecule has 0 spiro atoms. The summed E-state index contributed by atoms with van der Waals surface area (Å²) in [5, 5.41) is 4.93. The van der Waals surface area contributed by atoms with Crippen molar-refractivity contribution in [2.75, 3.05) is 16.8 Å². The molecule has 2 heterocycles. The number of aryl methyl sites for hydroxylation is 1. The van der Waals surface area contributed by atoms with Crippen LogP contribution in [-0.4, -0.2) is 23.3 Å². The molecule has 1 fully saturated rings. The SMILES string of the molecule is Cc1csc(NC(=O)C2CC(=O)N(c3cc(F)cc(F)c3)C2)n1. The molecule has 1 unspecified atom stereocenters. The van der Waals surface area contributed by atoms with Gasteiger partial charge in [0.25, 0.3) is 0 Å². The Morgan fingerprint density at radius 3 is 2.65 bits per heavy atom. The molecular formula is C15H13F2N3O2S. The van der Waals surface area contributed by atoms with Gasteiger partial charge in [-0.1, -0.05) is 0 Å². The van der Waals surface area contributed by atoms with Gasteiger partial charge in [0.1, 0.15) is 11.6 Å². The van der Waals surface area contributed by atoms with Gasteiger partial charge in [0.2, 0.25) is 11.8 Å². The average molecular weight is 337 g/mol. The largest absolute Gasteiger partial charge is 0.311 e. The normalized spacial score (nSPS) is 17.6. The van der Waals surface area contributed by atoms with Crippen LogP contribution in [0.5, 0.6) is 0 Å². The van der Waals surface area contributed by atoms with Crippen LogP contribution in [0.2, 0.25) is 0 Å². The van der Waals surface area contributed by atoms with E-state index in [2.05, 4.69) is 10.3 Å². The second kappa shape index (κ2) is 6.04. The standard InChI is InChI=1S/C15H13F2N3O2S/c1-8-7-23-15(18-8)19-14(22)9-2-13(21)20(6-9)12-4-10(16)3-11(17)5-12/h3-5,7,9H,2,6H2,1H3,(H,18,19,22). The Hall–Kier alpha value is -2.35. The molecule has 1 aromatic carbocycles. The number of rotatable bonds is 3. The van der Waals surface area contributed by atoms with Gasteiger partial charge in [0, 0.05) is 30.1 Å². The Labute approximate surface area is 134 Å². The van der Waals surface area contributed by atoms with Gasteiger partial charge in [-0.2, -0.15) is 0 Å². The van der Waals surface area contributed by atoms with Crippen molar-refractivity contribution in [3.63, 3.8) is 0 Å². The van der Waals surface area contributed by atoms with Crippen molar-refractivity contribution < 1.29 is 18.4 Å². The topological polar surface area (TPSA) is 62.3 Å². The summed E-state index contributed by atoms with van der Waals surface area (Å²) in [5.74, 6) is -2.78. The number of carbonyl (C=O) groups is 2. The highest BCUT2D eigenvalue weighted by molar-refractivity contribution is 7.13. The monoisotopic (exact) mass is 337 g/mol. The molecule has 5 nitrogen and oxygen atoms in total. The van der Waals surface area contributed by atoms with Crippen LogP contribution in [-0.2, 0) is 9.59 Å². The number of anilines is 2. The molecule has 1 aromatic heterocycles. The van der Waals surface area contributed by atoms with Crippen LogP contribution < -0.4 is 10.2 Å². The molecule has 8 heteroatoms. The van der Waals surface area contributed by atoms with Crippen LogP contribution in [0.3, 0.4) is 0 Å². The number of nitrogens with one attached hydrogen (secondary N) is 1. The van der Waals surface area contributed by atoms with E-state index in [-0.39, 0.29) is 30.5 Å². The first-order chi connectivity index (χ1) is 10.9. The van der Waals surface area contributed by atoms with E-state index in [0.29, 0.717) is 5.13 Å². The number of hydrogen-bond acceptors (Lipinski definition) is 4. The lowest BCUT2D eigenvalue weighted by molar-refractivity contribution is -0.122. The molecule has 1 atom stereocenters. The molecule has 2 aromatic rings. The van der Waals surface area contributed by atoms with E-state index in [1.165, 1.54) is 16.2 Å². The molecule has 0 aliphatic carbocycles. The third-order valence-electron chi connectivity index (χ3n) is 3.50. The van der Waals surface area contributed by atoms with E-state index < -0.39 is 17.6 Å². The molecule has 0 saturated carbocycles. The number of amides is 2. The lowest BCUT2D eigenvalue weighted by atomic mass is 10.1. The van der Waals surface area contributed by atoms with E-state index in [0.717, 1.165) is 23.9 Å². The molecule has 1 aliphatic heterocycles. The quantitative estimate of drug-likeness (QED) is 0.937. The van der Waals surface area contributed by atoms with E-state index in [4.69, 9.17) is 0 Å². The maximum atomic E-state index is 13.3. The molecule has 1 N–H and O–H groups in total. The van der Waals surface area contributed by atoms with Crippen LogP contribution in [0.25, 0.3) is 0 Å². The third-order valence-corrected chi connectivity index (χ3v) is 4.38. The van der Waals surface area contributed by atoms with Gasteiger partial charge >= 0.3 is 0 Å². The van der Waals surface area contributed by atoms with Crippen molar-refractivity contribution in [3.8, 4) is 0 Å². The summed E-state index contributed by atoms with van der Waals surface area (Å²) in [5.41, 5.74) is 0.914. The second-order valence-electron chi connectivity index (χ2n) is 5.32.